The van der Waals surface area contributed by atoms with Crippen LogP contribution < -0.4 is 0 Å². The fourth-order valence-electron chi connectivity index (χ4n) is 12.1. The van der Waals surface area contributed by atoms with Crippen LogP contribution in [0.25, 0.3) is 0 Å². The quantitative estimate of drug-likeness (QED) is 0.181. The highest BCUT2D eigenvalue weighted by Gasteiger charge is 2.58. The normalized spacial score (nSPS) is 40.4. The molecule has 0 radical (unpaired) electrons. The highest BCUT2D eigenvalue weighted by atomic mass is 16.6. The number of cyclic esters (lactones) is 2. The molecule has 0 aromatic rings. The summed E-state index contributed by atoms with van der Waals surface area (Å²) in [7, 11) is 2.33. The van der Waals surface area contributed by atoms with Crippen LogP contribution >= 0.6 is 0 Å². The molecule has 12 atom stereocenters. The van der Waals surface area contributed by atoms with Crippen LogP contribution in [0.3, 0.4) is 0 Å². The number of ether oxygens (including phenoxy) is 6. The number of rotatable bonds is 6. The number of hydrogen-bond acceptors (Lipinski definition) is 12. The minimum absolute atomic E-state index is 0.0485. The molecule has 5 rings (SSSR count). The Morgan fingerprint density at radius 1 is 0.655 bits per heavy atom. The number of esters is 4. The van der Waals surface area contributed by atoms with Gasteiger partial charge in [0.2, 0.25) is 0 Å². The number of hydrogen-bond donors (Lipinski definition) is 2. The summed E-state index contributed by atoms with van der Waals surface area (Å²) in [6.07, 6.45) is 2.48. The van der Waals surface area contributed by atoms with Crippen molar-refractivity contribution >= 4 is 35.8 Å². The zero-order valence-corrected chi connectivity index (χ0v) is 35.1. The van der Waals surface area contributed by atoms with E-state index in [0.717, 1.165) is 51.0 Å². The van der Waals surface area contributed by atoms with E-state index in [1.165, 1.54) is 0 Å². The summed E-state index contributed by atoms with van der Waals surface area (Å²) in [4.78, 5) is 79.5. The van der Waals surface area contributed by atoms with E-state index in [1.54, 1.807) is 0 Å². The van der Waals surface area contributed by atoms with Crippen LogP contribution in [-0.4, -0.2) is 98.9 Å². The first-order valence-electron chi connectivity index (χ1n) is 20.8. The largest absolute Gasteiger partial charge is 0.481 e. The third-order valence-corrected chi connectivity index (χ3v) is 15.3. The molecular formula is C44H64O14. The maximum absolute atomic E-state index is 14.1. The Balaban J connectivity index is 1.59. The molecule has 1 saturated heterocycles. The Morgan fingerprint density at radius 3 is 1.34 bits per heavy atom. The topological polar surface area (TPSA) is 198 Å². The zero-order valence-electron chi connectivity index (χ0n) is 35.1. The number of carboxylic acid groups (broad SMARTS) is 2. The Morgan fingerprint density at radius 2 is 1.02 bits per heavy atom. The Kier molecular flexibility index (Phi) is 13.9. The Hall–Kier alpha value is -3.78. The van der Waals surface area contributed by atoms with E-state index in [-0.39, 0.29) is 50.1 Å². The summed E-state index contributed by atoms with van der Waals surface area (Å²) >= 11 is 0. The molecule has 14 heteroatoms. The van der Waals surface area contributed by atoms with E-state index in [2.05, 4.69) is 27.0 Å². The van der Waals surface area contributed by atoms with Crippen LogP contribution in [0, 0.1) is 57.2 Å². The molecule has 324 valence electrons. The van der Waals surface area contributed by atoms with Crippen molar-refractivity contribution in [2.75, 3.05) is 40.6 Å². The first-order chi connectivity index (χ1) is 27.2. The lowest BCUT2D eigenvalue weighted by atomic mass is 9.47. The van der Waals surface area contributed by atoms with Gasteiger partial charge in [-0.3, -0.25) is 19.2 Å². The van der Waals surface area contributed by atoms with Gasteiger partial charge in [-0.1, -0.05) is 64.8 Å². The van der Waals surface area contributed by atoms with Crippen molar-refractivity contribution in [1.82, 2.24) is 0 Å². The molecule has 2 N–H and O–H groups in total. The fourth-order valence-corrected chi connectivity index (χ4v) is 12.1. The molecule has 0 spiro atoms. The molecule has 5 aliphatic rings. The van der Waals surface area contributed by atoms with Gasteiger partial charge in [0.05, 0.1) is 53.5 Å². The van der Waals surface area contributed by atoms with Crippen molar-refractivity contribution in [2.45, 2.75) is 117 Å². The van der Waals surface area contributed by atoms with Gasteiger partial charge in [-0.2, -0.15) is 0 Å². The highest BCUT2D eigenvalue weighted by molar-refractivity contribution is 5.88. The van der Waals surface area contributed by atoms with E-state index in [1.807, 2.05) is 13.8 Å². The van der Waals surface area contributed by atoms with Gasteiger partial charge in [-0.25, -0.2) is 9.59 Å². The van der Waals surface area contributed by atoms with Crippen molar-refractivity contribution in [3.8, 4) is 0 Å². The van der Waals surface area contributed by atoms with Crippen LogP contribution in [0.2, 0.25) is 0 Å². The maximum atomic E-state index is 14.1. The first-order valence-corrected chi connectivity index (χ1v) is 20.8. The van der Waals surface area contributed by atoms with E-state index >= 15 is 0 Å². The zero-order chi connectivity index (χ0) is 42.8. The minimum atomic E-state index is -1.56. The third kappa shape index (κ3) is 8.88. The second kappa shape index (κ2) is 17.8. The molecule has 58 heavy (non-hydrogen) atoms. The van der Waals surface area contributed by atoms with Gasteiger partial charge >= 0.3 is 35.8 Å². The monoisotopic (exact) mass is 816 g/mol. The Labute approximate surface area is 341 Å². The number of carbonyl (C=O) groups is 6. The first kappa shape index (κ1) is 45.3. The van der Waals surface area contributed by atoms with Crippen LogP contribution in [0.1, 0.15) is 105 Å². The molecule has 0 unspecified atom stereocenters. The van der Waals surface area contributed by atoms with Crippen LogP contribution in [0.15, 0.2) is 24.3 Å². The highest BCUT2D eigenvalue weighted by Crippen LogP contribution is 2.62. The Bertz CT molecular complexity index is 1520. The van der Waals surface area contributed by atoms with E-state index in [9.17, 15) is 39.0 Å². The second-order valence-corrected chi connectivity index (χ2v) is 18.8. The molecule has 0 amide bonds. The van der Waals surface area contributed by atoms with Gasteiger partial charge in [-0.15, -0.1) is 0 Å². The molecule has 1 aliphatic heterocycles. The number of carboxylic acids is 2. The van der Waals surface area contributed by atoms with Gasteiger partial charge in [-0.05, 0) is 74.0 Å². The minimum Gasteiger partial charge on any atom is -0.481 e. The second-order valence-electron chi connectivity index (χ2n) is 18.8. The SMILES string of the molecule is C=C1CC[C@H]2[C@]3(C)CCC[C@]2(C)[C@@H]1CO[C@H](C(=O)OC)[C@H](CC(=O)O)C(=O)OC[C@]1(C)CCC[C@]2(C)[C@@H](CO[C@H](C(=O)OC)[C@H](CC(=O)O)C(=O)OC3)C(=C)CC[C@@H]12. The number of methoxy groups -OCH3 is 2. The average molecular weight is 817 g/mol. The molecule has 1 heterocycles. The number of carbonyl (C=O) groups excluding carboxylic acids is 4. The standard InChI is InChI=1S/C44H64O14/c1-25-11-13-31-41(3)15-9-17-43(31,5)29(25)21-55-35(39(51)53-7)27(19-33(45)46)37(49)58-24-42(4)16-10-18-44(6)30(26(2)12-14-32(42)44)22-56-36(40(52)54-8)28(20-34(47)48)38(50)57-23-41/h27-32,35-36H,1-2,9-24H2,3-8H3,(H,45,46)(H,47,48)/t27-,28-,29-,30+,31-,32-,35-,36-,41-,42+,43+,44+/m0/s1. The van der Waals surface area contributed by atoms with Gasteiger partial charge < -0.3 is 38.6 Å². The van der Waals surface area contributed by atoms with Crippen molar-refractivity contribution < 1.29 is 67.4 Å². The smallest absolute Gasteiger partial charge is 0.335 e. The molecule has 5 fully saturated rings. The molecule has 4 saturated carbocycles. The molecule has 0 aromatic heterocycles. The summed E-state index contributed by atoms with van der Waals surface area (Å²) in [5.74, 6) is -9.80. The van der Waals surface area contributed by atoms with Crippen molar-refractivity contribution in [3.05, 3.63) is 24.3 Å². The average Bonchev–Trinajstić information content (AvgIpc) is 3.15. The lowest BCUT2D eigenvalue weighted by Gasteiger charge is -2.58. The third-order valence-electron chi connectivity index (χ3n) is 15.3. The summed E-state index contributed by atoms with van der Waals surface area (Å²) in [5, 5.41) is 20.0. The lowest BCUT2D eigenvalue weighted by molar-refractivity contribution is -0.185. The predicted molar refractivity (Wildman–Crippen MR) is 208 cm³/mol. The molecule has 14 nitrogen and oxygen atoms in total. The molecular weight excluding hydrogens is 752 g/mol. The van der Waals surface area contributed by atoms with Crippen molar-refractivity contribution in [3.63, 3.8) is 0 Å². The van der Waals surface area contributed by atoms with Crippen LogP contribution in [0.4, 0.5) is 0 Å². The number of aliphatic carboxylic acids is 2. The van der Waals surface area contributed by atoms with E-state index in [4.69, 9.17) is 28.4 Å². The maximum Gasteiger partial charge on any atom is 0.335 e. The molecule has 0 aromatic carbocycles. The van der Waals surface area contributed by atoms with Gasteiger partial charge in [0.25, 0.3) is 0 Å². The van der Waals surface area contributed by atoms with E-state index in [0.29, 0.717) is 38.5 Å². The van der Waals surface area contributed by atoms with Crippen molar-refractivity contribution in [1.29, 1.82) is 0 Å². The van der Waals surface area contributed by atoms with Gasteiger partial charge in [0.15, 0.2) is 12.2 Å². The van der Waals surface area contributed by atoms with Gasteiger partial charge in [0.1, 0.15) is 11.8 Å². The molecule has 4 aliphatic carbocycles. The van der Waals surface area contributed by atoms with Crippen molar-refractivity contribution in [2.24, 2.45) is 57.2 Å². The van der Waals surface area contributed by atoms with Gasteiger partial charge in [0, 0.05) is 22.7 Å². The summed E-state index contributed by atoms with van der Waals surface area (Å²) in [6, 6.07) is 0. The predicted octanol–water partition coefficient (Wildman–Crippen LogP) is 5.94. The summed E-state index contributed by atoms with van der Waals surface area (Å²) in [6.45, 7) is 16.9. The fraction of sp³-hybridized carbons (Fsp3) is 0.773. The summed E-state index contributed by atoms with van der Waals surface area (Å²) in [5.41, 5.74) is -0.343. The lowest BCUT2D eigenvalue weighted by Crippen LogP contribution is -2.55. The van der Waals surface area contributed by atoms with Crippen LogP contribution in [0.5, 0.6) is 0 Å². The van der Waals surface area contributed by atoms with Crippen LogP contribution in [-0.2, 0) is 57.2 Å². The summed E-state index contributed by atoms with van der Waals surface area (Å²) < 4.78 is 35.0. The molecule has 8 bridgehead atoms. The van der Waals surface area contributed by atoms with E-state index < -0.39 is 94.4 Å².